The van der Waals surface area contributed by atoms with E-state index in [1.54, 1.807) is 0 Å². The van der Waals surface area contributed by atoms with Crippen LogP contribution in [0.3, 0.4) is 0 Å². The van der Waals surface area contributed by atoms with Crippen LogP contribution in [0.4, 0.5) is 0 Å². The molecule has 1 aliphatic carbocycles. The first-order chi connectivity index (χ1) is 7.36. The van der Waals surface area contributed by atoms with Gasteiger partial charge in [-0.2, -0.15) is 0 Å². The Bertz CT molecular complexity index is 413. The summed E-state index contributed by atoms with van der Waals surface area (Å²) in [5.74, 6) is 0. The molecule has 2 heterocycles. The van der Waals surface area contributed by atoms with Gasteiger partial charge in [-0.3, -0.25) is 9.89 Å². The average molecular weight is 208 g/mol. The van der Waals surface area contributed by atoms with Crippen LogP contribution in [0.2, 0.25) is 0 Å². The number of nitrogens with zero attached hydrogens (tertiary/aromatic N) is 1. The van der Waals surface area contributed by atoms with Crippen molar-refractivity contribution in [1.29, 1.82) is 0 Å². The van der Waals surface area contributed by atoms with Gasteiger partial charge in [-0.05, 0) is 12.8 Å². The minimum absolute atomic E-state index is 0.150. The van der Waals surface area contributed by atoms with Gasteiger partial charge in [0.2, 0.25) is 0 Å². The molecule has 0 atom stereocenters. The third-order valence-corrected chi connectivity index (χ3v) is 3.53. The van der Waals surface area contributed by atoms with Crippen LogP contribution in [0.5, 0.6) is 0 Å². The van der Waals surface area contributed by atoms with E-state index in [1.165, 1.54) is 12.8 Å². The molecule has 82 valence electrons. The highest BCUT2D eigenvalue weighted by Gasteiger charge is 2.24. The van der Waals surface area contributed by atoms with Crippen molar-refractivity contribution in [2.24, 2.45) is 0 Å². The lowest BCUT2D eigenvalue weighted by molar-refractivity contribution is 0.109. The van der Waals surface area contributed by atoms with Crippen LogP contribution in [0.15, 0.2) is 4.79 Å². The van der Waals surface area contributed by atoms with E-state index in [1.807, 2.05) is 4.68 Å². The van der Waals surface area contributed by atoms with E-state index in [0.29, 0.717) is 12.6 Å². The summed E-state index contributed by atoms with van der Waals surface area (Å²) in [6.07, 6.45) is 5.62. The van der Waals surface area contributed by atoms with E-state index in [0.717, 1.165) is 37.1 Å². The van der Waals surface area contributed by atoms with Crippen molar-refractivity contribution in [2.45, 2.75) is 44.8 Å². The standard InChI is InChI=1S/C11H16N2O2/c14-11-9-7-15-6-5-10(9)12-13(11)8-3-1-2-4-8/h8,12H,1-7H2. The Hall–Kier alpha value is -1.03. The first-order valence-electron chi connectivity index (χ1n) is 5.76. The molecule has 0 saturated heterocycles. The molecule has 15 heavy (non-hydrogen) atoms. The highest BCUT2D eigenvalue weighted by Crippen LogP contribution is 2.28. The predicted molar refractivity (Wildman–Crippen MR) is 55.9 cm³/mol. The molecule has 1 N–H and O–H groups in total. The zero-order valence-electron chi connectivity index (χ0n) is 8.79. The van der Waals surface area contributed by atoms with E-state index in [4.69, 9.17) is 4.74 Å². The number of hydrogen-bond acceptors (Lipinski definition) is 2. The molecule has 0 radical (unpaired) electrons. The van der Waals surface area contributed by atoms with Crippen LogP contribution < -0.4 is 5.56 Å². The van der Waals surface area contributed by atoms with Crippen LogP contribution in [-0.4, -0.2) is 16.4 Å². The van der Waals surface area contributed by atoms with E-state index in [-0.39, 0.29) is 5.56 Å². The summed E-state index contributed by atoms with van der Waals surface area (Å²) in [4.78, 5) is 12.1. The van der Waals surface area contributed by atoms with Gasteiger partial charge in [-0.25, -0.2) is 4.68 Å². The Morgan fingerprint density at radius 3 is 2.87 bits per heavy atom. The minimum Gasteiger partial charge on any atom is -0.376 e. The molecular formula is C11H16N2O2. The van der Waals surface area contributed by atoms with Crippen LogP contribution >= 0.6 is 0 Å². The summed E-state index contributed by atoms with van der Waals surface area (Å²) >= 11 is 0. The van der Waals surface area contributed by atoms with Gasteiger partial charge in [0.05, 0.1) is 24.8 Å². The first kappa shape index (κ1) is 9.21. The zero-order valence-corrected chi connectivity index (χ0v) is 8.79. The van der Waals surface area contributed by atoms with Crippen LogP contribution in [-0.2, 0) is 17.8 Å². The van der Waals surface area contributed by atoms with Gasteiger partial charge in [0.1, 0.15) is 0 Å². The van der Waals surface area contributed by atoms with Gasteiger partial charge in [0.25, 0.3) is 5.56 Å². The van der Waals surface area contributed by atoms with Crippen LogP contribution in [0.1, 0.15) is 43.0 Å². The maximum atomic E-state index is 12.1. The first-order valence-corrected chi connectivity index (χ1v) is 5.76. The number of ether oxygens (including phenoxy) is 1. The fourth-order valence-electron chi connectivity index (χ4n) is 2.66. The van der Waals surface area contributed by atoms with E-state index < -0.39 is 0 Å². The number of H-pyrrole nitrogens is 1. The molecule has 0 bridgehead atoms. The molecule has 1 aromatic rings. The van der Waals surface area contributed by atoms with Crippen molar-refractivity contribution in [1.82, 2.24) is 9.78 Å². The number of rotatable bonds is 1. The van der Waals surface area contributed by atoms with E-state index in [9.17, 15) is 4.79 Å². The van der Waals surface area contributed by atoms with Gasteiger partial charge in [0.15, 0.2) is 0 Å². The molecular weight excluding hydrogens is 192 g/mol. The highest BCUT2D eigenvalue weighted by molar-refractivity contribution is 5.18. The smallest absolute Gasteiger partial charge is 0.272 e. The van der Waals surface area contributed by atoms with Gasteiger partial charge in [-0.15, -0.1) is 0 Å². The Morgan fingerprint density at radius 2 is 2.13 bits per heavy atom. The number of aromatic nitrogens is 2. The van der Waals surface area contributed by atoms with Gasteiger partial charge in [-0.1, -0.05) is 12.8 Å². The summed E-state index contributed by atoms with van der Waals surface area (Å²) in [7, 11) is 0. The van der Waals surface area contributed by atoms with Gasteiger partial charge >= 0.3 is 0 Å². The lowest BCUT2D eigenvalue weighted by Crippen LogP contribution is -2.23. The lowest BCUT2D eigenvalue weighted by atomic mass is 10.2. The summed E-state index contributed by atoms with van der Waals surface area (Å²) < 4.78 is 7.16. The summed E-state index contributed by atoms with van der Waals surface area (Å²) in [6.45, 7) is 1.22. The average Bonchev–Trinajstić information content (AvgIpc) is 2.87. The quantitative estimate of drug-likeness (QED) is 0.757. The van der Waals surface area contributed by atoms with Crippen molar-refractivity contribution in [3.05, 3.63) is 21.6 Å². The molecule has 0 unspecified atom stereocenters. The second kappa shape index (κ2) is 3.52. The predicted octanol–water partition coefficient (Wildman–Crippen LogP) is 1.36. The van der Waals surface area contributed by atoms with Crippen LogP contribution in [0.25, 0.3) is 0 Å². The molecule has 0 spiro atoms. The number of nitrogens with one attached hydrogen (secondary N) is 1. The molecule has 3 rings (SSSR count). The number of fused-ring (bicyclic) bond motifs is 1. The Morgan fingerprint density at radius 1 is 1.33 bits per heavy atom. The van der Waals surface area contributed by atoms with Gasteiger partial charge < -0.3 is 4.74 Å². The second-order valence-corrected chi connectivity index (χ2v) is 4.48. The van der Waals surface area contributed by atoms with Gasteiger partial charge in [0, 0.05) is 12.1 Å². The van der Waals surface area contributed by atoms with Crippen LogP contribution in [0, 0.1) is 0 Å². The van der Waals surface area contributed by atoms with Crippen molar-refractivity contribution in [2.75, 3.05) is 6.61 Å². The summed E-state index contributed by atoms with van der Waals surface area (Å²) in [6, 6.07) is 0.406. The highest BCUT2D eigenvalue weighted by atomic mass is 16.5. The minimum atomic E-state index is 0.150. The molecule has 1 aromatic heterocycles. The molecule has 4 nitrogen and oxygen atoms in total. The second-order valence-electron chi connectivity index (χ2n) is 4.48. The molecule has 2 aliphatic rings. The van der Waals surface area contributed by atoms with Crippen molar-refractivity contribution >= 4 is 0 Å². The summed E-state index contributed by atoms with van der Waals surface area (Å²) in [5.41, 5.74) is 2.10. The monoisotopic (exact) mass is 208 g/mol. The molecule has 1 fully saturated rings. The Balaban J connectivity index is 2.01. The van der Waals surface area contributed by atoms with E-state index in [2.05, 4.69) is 5.10 Å². The zero-order chi connectivity index (χ0) is 10.3. The third kappa shape index (κ3) is 1.44. The van der Waals surface area contributed by atoms with E-state index >= 15 is 0 Å². The largest absolute Gasteiger partial charge is 0.376 e. The fourth-order valence-corrected chi connectivity index (χ4v) is 2.66. The molecule has 1 saturated carbocycles. The topological polar surface area (TPSA) is 47.0 Å². The van der Waals surface area contributed by atoms with Crippen molar-refractivity contribution in [3.63, 3.8) is 0 Å². The number of aromatic amines is 1. The molecule has 4 heteroatoms. The Labute approximate surface area is 88.2 Å². The third-order valence-electron chi connectivity index (χ3n) is 3.53. The Kier molecular flexibility index (Phi) is 2.16. The lowest BCUT2D eigenvalue weighted by Gasteiger charge is -2.09. The molecule has 1 aliphatic heterocycles. The fraction of sp³-hybridized carbons (Fsp3) is 0.727. The summed E-state index contributed by atoms with van der Waals surface area (Å²) in [5, 5.41) is 3.27. The normalized spacial score (nSPS) is 21.9. The van der Waals surface area contributed by atoms with Crippen molar-refractivity contribution < 1.29 is 4.74 Å². The SMILES string of the molecule is O=c1c2c([nH]n1C1CCCC1)CCOC2. The molecule has 0 aromatic carbocycles. The molecule has 0 amide bonds. The maximum Gasteiger partial charge on any atom is 0.272 e. The number of hydrogen-bond donors (Lipinski definition) is 1. The van der Waals surface area contributed by atoms with Crippen molar-refractivity contribution in [3.8, 4) is 0 Å². The maximum absolute atomic E-state index is 12.1.